The summed E-state index contributed by atoms with van der Waals surface area (Å²) in [5.74, 6) is -0.742. The number of nitrogens with one attached hydrogen (secondary N) is 1. The van der Waals surface area contributed by atoms with Gasteiger partial charge in [0.1, 0.15) is 5.56 Å². The van der Waals surface area contributed by atoms with Gasteiger partial charge in [0.2, 0.25) is 0 Å². The lowest BCUT2D eigenvalue weighted by molar-refractivity contribution is 0.0697. The van der Waals surface area contributed by atoms with Crippen molar-refractivity contribution < 1.29 is 15.0 Å². The number of carboxylic acids is 1. The van der Waals surface area contributed by atoms with E-state index in [2.05, 4.69) is 10.3 Å². The molecule has 3 N–H and O–H groups in total. The molecular formula is C15H18N2O3. The average Bonchev–Trinajstić information content (AvgIpc) is 2.44. The molecule has 1 atom stereocenters. The second-order valence-electron chi connectivity index (χ2n) is 4.87. The van der Waals surface area contributed by atoms with E-state index in [0.717, 1.165) is 10.9 Å². The van der Waals surface area contributed by atoms with Gasteiger partial charge in [0, 0.05) is 24.7 Å². The Morgan fingerprint density at radius 2 is 2.15 bits per heavy atom. The molecule has 5 nitrogen and oxygen atoms in total. The summed E-state index contributed by atoms with van der Waals surface area (Å²) >= 11 is 0. The van der Waals surface area contributed by atoms with Gasteiger partial charge in [0.25, 0.3) is 0 Å². The van der Waals surface area contributed by atoms with Crippen LogP contribution in [0.15, 0.2) is 30.5 Å². The van der Waals surface area contributed by atoms with Gasteiger partial charge in [0.15, 0.2) is 0 Å². The molecule has 0 aliphatic rings. The number of anilines is 1. The van der Waals surface area contributed by atoms with Crippen molar-refractivity contribution in [3.63, 3.8) is 0 Å². The molecular weight excluding hydrogens is 256 g/mol. The minimum atomic E-state index is -0.999. The number of nitrogens with zero attached hydrogens (tertiary/aromatic N) is 1. The number of aromatic carboxylic acids is 1. The van der Waals surface area contributed by atoms with Crippen molar-refractivity contribution >= 4 is 22.6 Å². The summed E-state index contributed by atoms with van der Waals surface area (Å²) in [5.41, 5.74) is 1.52. The van der Waals surface area contributed by atoms with E-state index >= 15 is 0 Å². The summed E-state index contributed by atoms with van der Waals surface area (Å²) in [4.78, 5) is 15.5. The molecule has 1 aromatic carbocycles. The van der Waals surface area contributed by atoms with Crippen molar-refractivity contribution in [2.24, 2.45) is 5.92 Å². The van der Waals surface area contributed by atoms with Crippen LogP contribution < -0.4 is 5.32 Å². The third kappa shape index (κ3) is 3.05. The lowest BCUT2D eigenvalue weighted by Gasteiger charge is -2.15. The molecule has 5 heteroatoms. The van der Waals surface area contributed by atoms with Gasteiger partial charge >= 0.3 is 5.97 Å². The van der Waals surface area contributed by atoms with E-state index in [-0.39, 0.29) is 18.1 Å². The molecule has 1 unspecified atom stereocenters. The fraction of sp³-hybridized carbons (Fsp3) is 0.333. The van der Waals surface area contributed by atoms with Gasteiger partial charge in [-0.25, -0.2) is 4.79 Å². The van der Waals surface area contributed by atoms with Crippen LogP contribution in [-0.2, 0) is 0 Å². The van der Waals surface area contributed by atoms with Crippen LogP contribution in [0.25, 0.3) is 10.9 Å². The molecule has 0 saturated heterocycles. The zero-order valence-electron chi connectivity index (χ0n) is 11.3. The molecule has 0 fully saturated rings. The number of aliphatic hydroxyl groups is 1. The molecule has 0 aliphatic carbocycles. The monoisotopic (exact) mass is 274 g/mol. The van der Waals surface area contributed by atoms with Gasteiger partial charge < -0.3 is 15.5 Å². The molecule has 106 valence electrons. The SMILES string of the molecule is CC(CCO)CNc1c(C(=O)O)cnc2ccccc12. The zero-order chi connectivity index (χ0) is 14.5. The van der Waals surface area contributed by atoms with Crippen LogP contribution in [0.4, 0.5) is 5.69 Å². The number of rotatable bonds is 6. The highest BCUT2D eigenvalue weighted by Gasteiger charge is 2.14. The summed E-state index contributed by atoms with van der Waals surface area (Å²) in [6.45, 7) is 2.74. The number of para-hydroxylation sites is 1. The topological polar surface area (TPSA) is 82.5 Å². The molecule has 0 amide bonds. The van der Waals surface area contributed by atoms with Gasteiger partial charge in [-0.2, -0.15) is 0 Å². The third-order valence-electron chi connectivity index (χ3n) is 3.26. The van der Waals surface area contributed by atoms with Gasteiger partial charge in [-0.05, 0) is 18.4 Å². The number of aromatic nitrogens is 1. The minimum absolute atomic E-state index is 0.131. The fourth-order valence-corrected chi connectivity index (χ4v) is 2.09. The Morgan fingerprint density at radius 1 is 1.40 bits per heavy atom. The molecule has 0 aliphatic heterocycles. The van der Waals surface area contributed by atoms with E-state index in [4.69, 9.17) is 5.11 Å². The first-order valence-electron chi connectivity index (χ1n) is 6.59. The van der Waals surface area contributed by atoms with Crippen LogP contribution >= 0.6 is 0 Å². The fourth-order valence-electron chi connectivity index (χ4n) is 2.09. The van der Waals surface area contributed by atoms with Crippen molar-refractivity contribution in [1.29, 1.82) is 0 Å². The number of aliphatic hydroxyl groups excluding tert-OH is 1. The Labute approximate surface area is 117 Å². The summed E-state index contributed by atoms with van der Waals surface area (Å²) < 4.78 is 0. The number of pyridine rings is 1. The van der Waals surface area contributed by atoms with E-state index in [1.165, 1.54) is 6.20 Å². The minimum Gasteiger partial charge on any atom is -0.478 e. The molecule has 2 aromatic rings. The normalized spacial score (nSPS) is 12.3. The van der Waals surface area contributed by atoms with Gasteiger partial charge in [0.05, 0.1) is 11.2 Å². The summed E-state index contributed by atoms with van der Waals surface area (Å²) in [7, 11) is 0. The molecule has 1 heterocycles. The Balaban J connectivity index is 2.37. The van der Waals surface area contributed by atoms with Gasteiger partial charge in [-0.15, -0.1) is 0 Å². The lowest BCUT2D eigenvalue weighted by atomic mass is 10.1. The van der Waals surface area contributed by atoms with E-state index in [0.29, 0.717) is 18.7 Å². The van der Waals surface area contributed by atoms with Crippen LogP contribution in [0.5, 0.6) is 0 Å². The quantitative estimate of drug-likeness (QED) is 0.753. The van der Waals surface area contributed by atoms with Crippen LogP contribution in [0.1, 0.15) is 23.7 Å². The van der Waals surface area contributed by atoms with Crippen molar-refractivity contribution in [2.45, 2.75) is 13.3 Å². The Kier molecular flexibility index (Phi) is 4.53. The van der Waals surface area contributed by atoms with Gasteiger partial charge in [-0.1, -0.05) is 25.1 Å². The van der Waals surface area contributed by atoms with Crippen LogP contribution in [-0.4, -0.2) is 34.3 Å². The lowest BCUT2D eigenvalue weighted by Crippen LogP contribution is -2.15. The highest BCUT2D eigenvalue weighted by atomic mass is 16.4. The van der Waals surface area contributed by atoms with E-state index in [9.17, 15) is 9.90 Å². The molecule has 20 heavy (non-hydrogen) atoms. The number of fused-ring (bicyclic) bond motifs is 1. The number of carboxylic acid groups (broad SMARTS) is 1. The molecule has 0 spiro atoms. The zero-order valence-corrected chi connectivity index (χ0v) is 11.3. The maximum absolute atomic E-state index is 11.3. The van der Waals surface area contributed by atoms with Crippen molar-refractivity contribution in [2.75, 3.05) is 18.5 Å². The van der Waals surface area contributed by atoms with Crippen molar-refractivity contribution in [1.82, 2.24) is 4.98 Å². The Morgan fingerprint density at radius 3 is 2.85 bits per heavy atom. The predicted octanol–water partition coefficient (Wildman–Crippen LogP) is 2.36. The number of hydrogen-bond acceptors (Lipinski definition) is 4. The number of hydrogen-bond donors (Lipinski definition) is 3. The van der Waals surface area contributed by atoms with Crippen LogP contribution in [0, 0.1) is 5.92 Å². The first kappa shape index (κ1) is 14.3. The van der Waals surface area contributed by atoms with Gasteiger partial charge in [-0.3, -0.25) is 4.98 Å². The smallest absolute Gasteiger partial charge is 0.339 e. The summed E-state index contributed by atoms with van der Waals surface area (Å²) in [5, 5.41) is 22.2. The highest BCUT2D eigenvalue weighted by Crippen LogP contribution is 2.26. The molecule has 0 radical (unpaired) electrons. The second-order valence-corrected chi connectivity index (χ2v) is 4.87. The highest BCUT2D eigenvalue weighted by molar-refractivity contribution is 6.04. The van der Waals surface area contributed by atoms with E-state index < -0.39 is 5.97 Å². The van der Waals surface area contributed by atoms with Crippen molar-refractivity contribution in [3.05, 3.63) is 36.0 Å². The van der Waals surface area contributed by atoms with Crippen LogP contribution in [0.3, 0.4) is 0 Å². The largest absolute Gasteiger partial charge is 0.478 e. The standard InChI is InChI=1S/C15H18N2O3/c1-10(6-7-18)8-17-14-11-4-2-3-5-13(11)16-9-12(14)15(19)20/h2-5,9-10,18H,6-8H2,1H3,(H,16,17)(H,19,20). The summed E-state index contributed by atoms with van der Waals surface area (Å²) in [6.07, 6.45) is 2.06. The average molecular weight is 274 g/mol. The molecule has 1 aromatic heterocycles. The van der Waals surface area contributed by atoms with E-state index in [1.807, 2.05) is 31.2 Å². The second kappa shape index (κ2) is 6.34. The molecule has 0 saturated carbocycles. The maximum atomic E-state index is 11.3. The predicted molar refractivity (Wildman–Crippen MR) is 78.1 cm³/mol. The van der Waals surface area contributed by atoms with E-state index in [1.54, 1.807) is 0 Å². The maximum Gasteiger partial charge on any atom is 0.339 e. The third-order valence-corrected chi connectivity index (χ3v) is 3.26. The number of carbonyl (C=O) groups is 1. The number of benzene rings is 1. The van der Waals surface area contributed by atoms with Crippen LogP contribution in [0.2, 0.25) is 0 Å². The Bertz CT molecular complexity index is 613. The first-order valence-corrected chi connectivity index (χ1v) is 6.59. The summed E-state index contributed by atoms with van der Waals surface area (Å²) in [6, 6.07) is 7.43. The first-order chi connectivity index (χ1) is 9.63. The Hall–Kier alpha value is -2.14. The van der Waals surface area contributed by atoms with Crippen molar-refractivity contribution in [3.8, 4) is 0 Å². The molecule has 2 rings (SSSR count). The molecule has 0 bridgehead atoms.